The third kappa shape index (κ3) is 1.64. The van der Waals surface area contributed by atoms with E-state index < -0.39 is 0 Å². The SMILES string of the molecule is O=[N+]([O-])c1cccc2c1Sc1ccccc1O2. The number of benzene rings is 2. The molecule has 0 fully saturated rings. The molecule has 84 valence electrons. The third-order valence-corrected chi connectivity index (χ3v) is 3.61. The molecule has 0 spiro atoms. The Balaban J connectivity index is 2.15. The van der Waals surface area contributed by atoms with Crippen LogP contribution in [0.5, 0.6) is 11.5 Å². The molecule has 3 rings (SSSR count). The van der Waals surface area contributed by atoms with E-state index in [0.29, 0.717) is 10.6 Å². The van der Waals surface area contributed by atoms with Crippen molar-refractivity contribution in [2.75, 3.05) is 0 Å². The minimum Gasteiger partial charge on any atom is -0.455 e. The van der Waals surface area contributed by atoms with Gasteiger partial charge in [-0.15, -0.1) is 0 Å². The molecule has 0 aliphatic carbocycles. The first-order valence-electron chi connectivity index (χ1n) is 4.98. The van der Waals surface area contributed by atoms with Gasteiger partial charge in [-0.05, 0) is 18.2 Å². The van der Waals surface area contributed by atoms with E-state index in [2.05, 4.69) is 0 Å². The molecule has 2 aromatic carbocycles. The standard InChI is InChI=1S/C12H7NO3S/c14-13(15)8-4-3-6-10-12(8)17-11-7-2-1-5-9(11)16-10/h1-7H. The maximum atomic E-state index is 10.9. The molecule has 0 N–H and O–H groups in total. The predicted molar refractivity (Wildman–Crippen MR) is 63.7 cm³/mol. The largest absolute Gasteiger partial charge is 0.455 e. The average Bonchev–Trinajstić information content (AvgIpc) is 2.35. The number of hydrogen-bond acceptors (Lipinski definition) is 4. The van der Waals surface area contributed by atoms with E-state index in [1.807, 2.05) is 24.3 Å². The summed E-state index contributed by atoms with van der Waals surface area (Å²) in [6.45, 7) is 0. The lowest BCUT2D eigenvalue weighted by Gasteiger charge is -2.18. The normalized spacial score (nSPS) is 12.2. The molecule has 0 aromatic heterocycles. The van der Waals surface area contributed by atoms with E-state index in [1.54, 1.807) is 12.1 Å². The van der Waals surface area contributed by atoms with Crippen LogP contribution in [-0.2, 0) is 0 Å². The Bertz CT molecular complexity index is 612. The van der Waals surface area contributed by atoms with Gasteiger partial charge in [0.1, 0.15) is 16.4 Å². The van der Waals surface area contributed by atoms with Crippen molar-refractivity contribution in [3.8, 4) is 11.5 Å². The van der Waals surface area contributed by atoms with E-state index in [4.69, 9.17) is 4.74 Å². The monoisotopic (exact) mass is 245 g/mol. The summed E-state index contributed by atoms with van der Waals surface area (Å²) in [6, 6.07) is 12.4. The molecule has 1 aliphatic rings. The minimum absolute atomic E-state index is 0.0852. The Kier molecular flexibility index (Phi) is 2.26. The summed E-state index contributed by atoms with van der Waals surface area (Å²) < 4.78 is 5.64. The van der Waals surface area contributed by atoms with Crippen molar-refractivity contribution in [2.45, 2.75) is 9.79 Å². The summed E-state index contributed by atoms with van der Waals surface area (Å²) in [4.78, 5) is 12.0. The Morgan fingerprint density at radius 2 is 1.82 bits per heavy atom. The van der Waals surface area contributed by atoms with E-state index in [9.17, 15) is 10.1 Å². The van der Waals surface area contributed by atoms with Crippen LogP contribution in [0.1, 0.15) is 0 Å². The van der Waals surface area contributed by atoms with Gasteiger partial charge in [0.05, 0.1) is 9.82 Å². The fourth-order valence-corrected chi connectivity index (χ4v) is 2.71. The number of ether oxygens (including phenoxy) is 1. The van der Waals surface area contributed by atoms with Crippen LogP contribution in [0.25, 0.3) is 0 Å². The van der Waals surface area contributed by atoms with Crippen molar-refractivity contribution in [3.63, 3.8) is 0 Å². The van der Waals surface area contributed by atoms with E-state index in [0.717, 1.165) is 10.6 Å². The van der Waals surface area contributed by atoms with Gasteiger partial charge >= 0.3 is 0 Å². The average molecular weight is 245 g/mol. The van der Waals surface area contributed by atoms with Gasteiger partial charge < -0.3 is 4.74 Å². The first-order chi connectivity index (χ1) is 8.25. The van der Waals surface area contributed by atoms with Crippen molar-refractivity contribution < 1.29 is 9.66 Å². The van der Waals surface area contributed by atoms with Crippen LogP contribution >= 0.6 is 11.8 Å². The van der Waals surface area contributed by atoms with Gasteiger partial charge in [-0.3, -0.25) is 10.1 Å². The first kappa shape index (κ1) is 10.2. The number of fused-ring (bicyclic) bond motifs is 2. The number of nitrogens with zero attached hydrogens (tertiary/aromatic N) is 1. The van der Waals surface area contributed by atoms with Crippen LogP contribution in [0.2, 0.25) is 0 Å². The van der Waals surface area contributed by atoms with Crippen molar-refractivity contribution in [2.24, 2.45) is 0 Å². The van der Waals surface area contributed by atoms with Gasteiger partial charge in [-0.2, -0.15) is 0 Å². The van der Waals surface area contributed by atoms with E-state index in [-0.39, 0.29) is 10.6 Å². The topological polar surface area (TPSA) is 52.4 Å². The van der Waals surface area contributed by atoms with Crippen LogP contribution in [0.3, 0.4) is 0 Å². The fraction of sp³-hybridized carbons (Fsp3) is 0. The molecule has 1 heterocycles. The number of nitro groups is 1. The number of para-hydroxylation sites is 1. The molecule has 0 saturated carbocycles. The molecule has 4 nitrogen and oxygen atoms in total. The van der Waals surface area contributed by atoms with Crippen molar-refractivity contribution >= 4 is 17.4 Å². The van der Waals surface area contributed by atoms with Crippen molar-refractivity contribution in [3.05, 3.63) is 52.6 Å². The van der Waals surface area contributed by atoms with E-state index >= 15 is 0 Å². The molecule has 0 radical (unpaired) electrons. The summed E-state index contributed by atoms with van der Waals surface area (Å²) in [7, 11) is 0. The van der Waals surface area contributed by atoms with E-state index in [1.165, 1.54) is 17.8 Å². The summed E-state index contributed by atoms with van der Waals surface area (Å²) in [5.74, 6) is 1.29. The number of nitro benzene ring substituents is 1. The highest BCUT2D eigenvalue weighted by molar-refractivity contribution is 7.99. The van der Waals surface area contributed by atoms with Crippen molar-refractivity contribution in [1.82, 2.24) is 0 Å². The van der Waals surface area contributed by atoms with Crippen molar-refractivity contribution in [1.29, 1.82) is 0 Å². The second-order valence-electron chi connectivity index (χ2n) is 3.51. The molecule has 17 heavy (non-hydrogen) atoms. The first-order valence-corrected chi connectivity index (χ1v) is 5.79. The zero-order valence-corrected chi connectivity index (χ0v) is 9.44. The molecular weight excluding hydrogens is 238 g/mol. The van der Waals surface area contributed by atoms with Gasteiger partial charge in [0.15, 0.2) is 0 Å². The smallest absolute Gasteiger partial charge is 0.287 e. The minimum atomic E-state index is -0.386. The van der Waals surface area contributed by atoms with Crippen LogP contribution < -0.4 is 4.74 Å². The van der Waals surface area contributed by atoms with Gasteiger partial charge in [0.25, 0.3) is 5.69 Å². The molecule has 0 unspecified atom stereocenters. The molecule has 1 aliphatic heterocycles. The molecule has 5 heteroatoms. The lowest BCUT2D eigenvalue weighted by atomic mass is 10.3. The number of hydrogen-bond donors (Lipinski definition) is 0. The van der Waals surface area contributed by atoms with Gasteiger partial charge in [-0.1, -0.05) is 30.0 Å². The quantitative estimate of drug-likeness (QED) is 0.482. The maximum absolute atomic E-state index is 10.9. The van der Waals surface area contributed by atoms with Gasteiger partial charge in [0, 0.05) is 6.07 Å². The summed E-state index contributed by atoms with van der Waals surface area (Å²) in [5, 5.41) is 10.9. The zero-order chi connectivity index (χ0) is 11.8. The molecule has 2 aromatic rings. The Morgan fingerprint density at radius 3 is 2.65 bits per heavy atom. The van der Waals surface area contributed by atoms with Crippen LogP contribution in [0.4, 0.5) is 5.69 Å². The summed E-state index contributed by atoms with van der Waals surface area (Å²) in [6.07, 6.45) is 0. The summed E-state index contributed by atoms with van der Waals surface area (Å²) >= 11 is 1.37. The highest BCUT2D eigenvalue weighted by Crippen LogP contribution is 2.50. The molecule has 0 atom stereocenters. The lowest BCUT2D eigenvalue weighted by Crippen LogP contribution is -1.98. The Morgan fingerprint density at radius 1 is 1.06 bits per heavy atom. The second kappa shape index (κ2) is 3.78. The zero-order valence-electron chi connectivity index (χ0n) is 8.62. The Hall–Kier alpha value is -2.01. The highest BCUT2D eigenvalue weighted by atomic mass is 32.2. The molecule has 0 amide bonds. The maximum Gasteiger partial charge on any atom is 0.287 e. The molecule has 0 saturated heterocycles. The fourth-order valence-electron chi connectivity index (χ4n) is 1.68. The molecule has 0 bridgehead atoms. The third-order valence-electron chi connectivity index (χ3n) is 2.44. The number of rotatable bonds is 1. The van der Waals surface area contributed by atoms with Crippen LogP contribution in [0, 0.1) is 10.1 Å². The summed E-state index contributed by atoms with van der Waals surface area (Å²) in [5.41, 5.74) is 0.0852. The Labute approximate surface area is 101 Å². The highest BCUT2D eigenvalue weighted by Gasteiger charge is 2.25. The van der Waals surface area contributed by atoms with Gasteiger partial charge in [0.2, 0.25) is 0 Å². The lowest BCUT2D eigenvalue weighted by molar-refractivity contribution is -0.387. The second-order valence-corrected chi connectivity index (χ2v) is 4.56. The van der Waals surface area contributed by atoms with Crippen LogP contribution in [0.15, 0.2) is 52.3 Å². The predicted octanol–water partition coefficient (Wildman–Crippen LogP) is 3.85. The van der Waals surface area contributed by atoms with Crippen LogP contribution in [-0.4, -0.2) is 4.92 Å². The molecular formula is C12H7NO3S. The van der Waals surface area contributed by atoms with Gasteiger partial charge in [-0.25, -0.2) is 0 Å².